The minimum atomic E-state index is 0.469. The van der Waals surface area contributed by atoms with Crippen molar-refractivity contribution in [2.75, 3.05) is 19.0 Å². The second-order valence-electron chi connectivity index (χ2n) is 4.60. The Labute approximate surface area is 111 Å². The zero-order valence-electron chi connectivity index (χ0n) is 10.5. The van der Waals surface area contributed by atoms with E-state index in [0.29, 0.717) is 5.25 Å². The van der Waals surface area contributed by atoms with Crippen LogP contribution in [-0.4, -0.2) is 24.1 Å². The largest absolute Gasteiger partial charge is 0.362 e. The normalized spacial score (nSPS) is 17.6. The van der Waals surface area contributed by atoms with Gasteiger partial charge in [-0.15, -0.1) is 0 Å². The van der Waals surface area contributed by atoms with Gasteiger partial charge in [0.05, 0.1) is 0 Å². The molecule has 0 fully saturated rings. The first kappa shape index (κ1) is 11.5. The van der Waals surface area contributed by atoms with E-state index < -0.39 is 0 Å². The highest BCUT2D eigenvalue weighted by atomic mass is 32.2. The quantitative estimate of drug-likeness (QED) is 0.774. The van der Waals surface area contributed by atoms with Crippen molar-refractivity contribution in [1.82, 2.24) is 9.97 Å². The Morgan fingerprint density at radius 2 is 1.94 bits per heavy atom. The van der Waals surface area contributed by atoms with E-state index in [1.165, 1.54) is 11.1 Å². The number of anilines is 1. The molecule has 0 bridgehead atoms. The average Bonchev–Trinajstić information content (AvgIpc) is 2.83. The van der Waals surface area contributed by atoms with Crippen molar-refractivity contribution in [3.63, 3.8) is 0 Å². The van der Waals surface area contributed by atoms with Crippen LogP contribution in [0.25, 0.3) is 0 Å². The Morgan fingerprint density at radius 1 is 1.17 bits per heavy atom. The van der Waals surface area contributed by atoms with Crippen molar-refractivity contribution < 1.29 is 0 Å². The van der Waals surface area contributed by atoms with E-state index in [0.717, 1.165) is 17.3 Å². The highest BCUT2D eigenvalue weighted by Crippen LogP contribution is 2.47. The molecule has 2 aromatic rings. The second kappa shape index (κ2) is 4.61. The maximum atomic E-state index is 4.40. The molecule has 1 aromatic carbocycles. The number of aromatic nitrogens is 2. The van der Waals surface area contributed by atoms with E-state index >= 15 is 0 Å². The van der Waals surface area contributed by atoms with Gasteiger partial charge in [0.15, 0.2) is 0 Å². The van der Waals surface area contributed by atoms with E-state index in [2.05, 4.69) is 45.2 Å². The number of nitrogens with zero attached hydrogens (tertiary/aromatic N) is 3. The van der Waals surface area contributed by atoms with Crippen LogP contribution in [0.5, 0.6) is 0 Å². The van der Waals surface area contributed by atoms with Crippen LogP contribution in [0, 0.1) is 0 Å². The number of thioether (sulfide) groups is 1. The smallest absolute Gasteiger partial charge is 0.135 e. The van der Waals surface area contributed by atoms with Gasteiger partial charge >= 0.3 is 0 Å². The fourth-order valence-electron chi connectivity index (χ4n) is 2.27. The van der Waals surface area contributed by atoms with Gasteiger partial charge in [-0.1, -0.05) is 42.1 Å². The summed E-state index contributed by atoms with van der Waals surface area (Å²) in [4.78, 5) is 10.8. The molecule has 1 aliphatic heterocycles. The van der Waals surface area contributed by atoms with Crippen LogP contribution in [-0.2, 0) is 6.42 Å². The van der Waals surface area contributed by atoms with Crippen molar-refractivity contribution in [3.05, 3.63) is 47.8 Å². The molecule has 0 N–H and O–H groups in total. The molecule has 1 unspecified atom stereocenters. The molecule has 0 saturated carbocycles. The Morgan fingerprint density at radius 3 is 2.67 bits per heavy atom. The van der Waals surface area contributed by atoms with E-state index in [4.69, 9.17) is 0 Å². The van der Waals surface area contributed by atoms with Gasteiger partial charge in [-0.3, -0.25) is 0 Å². The molecule has 0 spiro atoms. The van der Waals surface area contributed by atoms with Gasteiger partial charge < -0.3 is 4.90 Å². The van der Waals surface area contributed by atoms with Crippen LogP contribution in [0.2, 0.25) is 0 Å². The molecule has 92 valence electrons. The molecule has 0 amide bonds. The number of hydrogen-bond donors (Lipinski definition) is 0. The predicted octanol–water partition coefficient (Wildman–Crippen LogP) is 2.93. The summed E-state index contributed by atoms with van der Waals surface area (Å²) in [6.07, 6.45) is 2.67. The fourth-order valence-corrected chi connectivity index (χ4v) is 3.51. The molecule has 2 heterocycles. The third-order valence-corrected chi connectivity index (χ3v) is 4.42. The minimum absolute atomic E-state index is 0.469. The Bertz CT molecular complexity index is 554. The summed E-state index contributed by atoms with van der Waals surface area (Å²) in [5.41, 5.74) is 2.64. The van der Waals surface area contributed by atoms with Crippen molar-refractivity contribution >= 4 is 17.6 Å². The van der Waals surface area contributed by atoms with Crippen molar-refractivity contribution in [2.24, 2.45) is 0 Å². The molecule has 3 rings (SSSR count). The molecule has 0 saturated heterocycles. The summed E-state index contributed by atoms with van der Waals surface area (Å²) in [5.74, 6) is 1.05. The van der Waals surface area contributed by atoms with Crippen LogP contribution in [0.15, 0.2) is 41.7 Å². The van der Waals surface area contributed by atoms with Crippen LogP contribution in [0.1, 0.15) is 16.4 Å². The van der Waals surface area contributed by atoms with Gasteiger partial charge in [0.1, 0.15) is 17.2 Å². The number of rotatable bonds is 2. The highest BCUT2D eigenvalue weighted by Gasteiger charge is 2.28. The second-order valence-corrected chi connectivity index (χ2v) is 5.79. The van der Waals surface area contributed by atoms with E-state index in [-0.39, 0.29) is 0 Å². The molecule has 4 heteroatoms. The Hall–Kier alpha value is -1.55. The van der Waals surface area contributed by atoms with Gasteiger partial charge in [-0.25, -0.2) is 9.97 Å². The van der Waals surface area contributed by atoms with Crippen LogP contribution < -0.4 is 4.90 Å². The van der Waals surface area contributed by atoms with Crippen molar-refractivity contribution in [3.8, 4) is 0 Å². The van der Waals surface area contributed by atoms with E-state index in [1.54, 1.807) is 6.33 Å². The lowest BCUT2D eigenvalue weighted by Crippen LogP contribution is -2.13. The molecule has 18 heavy (non-hydrogen) atoms. The maximum absolute atomic E-state index is 4.40. The average molecular weight is 257 g/mol. The Kier molecular flexibility index (Phi) is 2.96. The van der Waals surface area contributed by atoms with E-state index in [9.17, 15) is 0 Å². The SMILES string of the molecule is CN(C)c1ncnc2c1CC(c1ccccc1)S2. The van der Waals surface area contributed by atoms with Crippen molar-refractivity contribution in [2.45, 2.75) is 16.7 Å². The lowest BCUT2D eigenvalue weighted by Gasteiger charge is -2.14. The summed E-state index contributed by atoms with van der Waals surface area (Å²) in [6.45, 7) is 0. The standard InChI is InChI=1S/C14H15N3S/c1-17(2)13-11-8-12(10-6-4-3-5-7-10)18-14(11)16-9-15-13/h3-7,9,12H,8H2,1-2H3. The van der Waals surface area contributed by atoms with Crippen molar-refractivity contribution in [1.29, 1.82) is 0 Å². The Balaban J connectivity index is 1.94. The van der Waals surface area contributed by atoms with Gasteiger partial charge in [0.2, 0.25) is 0 Å². The topological polar surface area (TPSA) is 29.0 Å². The minimum Gasteiger partial charge on any atom is -0.362 e. The molecule has 0 aliphatic carbocycles. The first-order chi connectivity index (χ1) is 8.75. The summed E-state index contributed by atoms with van der Waals surface area (Å²) < 4.78 is 0. The molecular weight excluding hydrogens is 242 g/mol. The highest BCUT2D eigenvalue weighted by molar-refractivity contribution is 7.99. The van der Waals surface area contributed by atoms with Crippen LogP contribution in [0.4, 0.5) is 5.82 Å². The molecular formula is C14H15N3S. The molecule has 0 radical (unpaired) electrons. The molecule has 3 nitrogen and oxygen atoms in total. The number of benzene rings is 1. The summed E-state index contributed by atoms with van der Waals surface area (Å²) in [6, 6.07) is 10.6. The summed E-state index contributed by atoms with van der Waals surface area (Å²) in [5, 5.41) is 1.60. The lowest BCUT2D eigenvalue weighted by molar-refractivity contribution is 0.888. The van der Waals surface area contributed by atoms with E-state index in [1.807, 2.05) is 25.9 Å². The third kappa shape index (κ3) is 1.97. The summed E-state index contributed by atoms with van der Waals surface area (Å²) in [7, 11) is 4.06. The van der Waals surface area contributed by atoms with Gasteiger partial charge in [0, 0.05) is 24.9 Å². The zero-order chi connectivity index (χ0) is 12.5. The third-order valence-electron chi connectivity index (χ3n) is 3.12. The number of fused-ring (bicyclic) bond motifs is 1. The molecule has 1 aliphatic rings. The molecule has 1 atom stereocenters. The zero-order valence-corrected chi connectivity index (χ0v) is 11.3. The first-order valence-electron chi connectivity index (χ1n) is 5.98. The van der Waals surface area contributed by atoms with Gasteiger partial charge in [-0.05, 0) is 12.0 Å². The number of hydrogen-bond acceptors (Lipinski definition) is 4. The lowest BCUT2D eigenvalue weighted by atomic mass is 10.1. The van der Waals surface area contributed by atoms with Crippen LogP contribution in [0.3, 0.4) is 0 Å². The van der Waals surface area contributed by atoms with Gasteiger partial charge in [-0.2, -0.15) is 0 Å². The monoisotopic (exact) mass is 257 g/mol. The van der Waals surface area contributed by atoms with Crippen LogP contribution >= 0.6 is 11.8 Å². The molecule has 1 aromatic heterocycles. The van der Waals surface area contributed by atoms with Gasteiger partial charge in [0.25, 0.3) is 0 Å². The maximum Gasteiger partial charge on any atom is 0.135 e. The predicted molar refractivity (Wildman–Crippen MR) is 75.1 cm³/mol. The summed E-state index contributed by atoms with van der Waals surface area (Å²) >= 11 is 1.84. The first-order valence-corrected chi connectivity index (χ1v) is 6.86. The fraction of sp³-hybridized carbons (Fsp3) is 0.286.